The Morgan fingerprint density at radius 3 is 2.80 bits per heavy atom. The lowest BCUT2D eigenvalue weighted by Gasteiger charge is -2.00. The maximum absolute atomic E-state index is 11.0. The van der Waals surface area contributed by atoms with Crippen LogP contribution in [-0.2, 0) is 15.6 Å². The van der Waals surface area contributed by atoms with Crippen molar-refractivity contribution in [2.24, 2.45) is 0 Å². The lowest BCUT2D eigenvalue weighted by molar-refractivity contribution is 0.603. The summed E-state index contributed by atoms with van der Waals surface area (Å²) >= 11 is 0. The molecule has 2 aromatic heterocycles. The van der Waals surface area contributed by atoms with E-state index < -0.39 is 9.84 Å². The van der Waals surface area contributed by atoms with Crippen molar-refractivity contribution in [2.45, 2.75) is 5.75 Å². The first-order valence-electron chi connectivity index (χ1n) is 4.31. The largest absolute Gasteiger partial charge is 0.237 e. The number of rotatable bonds is 2. The van der Waals surface area contributed by atoms with Crippen LogP contribution in [0, 0.1) is 6.26 Å². The molecule has 2 rings (SSSR count). The molecule has 4 nitrogen and oxygen atoms in total. The minimum absolute atomic E-state index is 0.153. The second-order valence-electron chi connectivity index (χ2n) is 3.24. The van der Waals surface area contributed by atoms with E-state index in [4.69, 9.17) is 0 Å². The molecule has 2 aromatic rings. The van der Waals surface area contributed by atoms with Gasteiger partial charge in [-0.1, -0.05) is 0 Å². The molecule has 0 amide bonds. The summed E-state index contributed by atoms with van der Waals surface area (Å²) in [6.45, 7) is 0. The summed E-state index contributed by atoms with van der Waals surface area (Å²) in [5.41, 5.74) is 1.02. The van der Waals surface area contributed by atoms with Crippen molar-refractivity contribution in [3.8, 4) is 0 Å². The van der Waals surface area contributed by atoms with Gasteiger partial charge in [-0.2, -0.15) is 0 Å². The monoisotopic (exact) mass is 221 g/mol. The van der Waals surface area contributed by atoms with Gasteiger partial charge < -0.3 is 0 Å². The Balaban J connectivity index is 2.48. The third kappa shape index (κ3) is 2.50. The van der Waals surface area contributed by atoms with Crippen LogP contribution in [0.3, 0.4) is 0 Å². The van der Waals surface area contributed by atoms with Gasteiger partial charge in [-0.25, -0.2) is 18.4 Å². The zero-order valence-corrected chi connectivity index (χ0v) is 8.74. The zero-order chi connectivity index (χ0) is 10.9. The topological polar surface area (TPSA) is 59.9 Å². The SMILES string of the molecule is [CH2]S(=O)(=O)Cc1ccc2cccnc2n1. The molecule has 0 atom stereocenters. The van der Waals surface area contributed by atoms with E-state index in [1.54, 1.807) is 18.3 Å². The number of fused-ring (bicyclic) bond motifs is 1. The number of sulfone groups is 1. The molecule has 2 heterocycles. The number of pyridine rings is 2. The second kappa shape index (κ2) is 3.58. The van der Waals surface area contributed by atoms with Crippen molar-refractivity contribution in [3.05, 3.63) is 42.4 Å². The van der Waals surface area contributed by atoms with Crippen LogP contribution in [0.4, 0.5) is 0 Å². The van der Waals surface area contributed by atoms with Gasteiger partial charge in [-0.15, -0.1) is 0 Å². The smallest absolute Gasteiger partial charge is 0.159 e. The molecular weight excluding hydrogens is 212 g/mol. The molecule has 0 bridgehead atoms. The van der Waals surface area contributed by atoms with E-state index >= 15 is 0 Å². The minimum Gasteiger partial charge on any atom is -0.237 e. The van der Waals surface area contributed by atoms with Crippen LogP contribution < -0.4 is 0 Å². The first-order valence-corrected chi connectivity index (χ1v) is 6.13. The molecule has 0 fully saturated rings. The van der Waals surface area contributed by atoms with Crippen molar-refractivity contribution in [1.82, 2.24) is 9.97 Å². The first-order chi connectivity index (χ1) is 7.04. The summed E-state index contributed by atoms with van der Waals surface area (Å²) in [6.07, 6.45) is 4.68. The minimum atomic E-state index is -3.29. The molecule has 5 heteroatoms. The van der Waals surface area contributed by atoms with Crippen LogP contribution in [0.2, 0.25) is 0 Å². The van der Waals surface area contributed by atoms with E-state index in [2.05, 4.69) is 16.2 Å². The van der Waals surface area contributed by atoms with Crippen LogP contribution in [-0.4, -0.2) is 18.4 Å². The Labute approximate surface area is 87.9 Å². The molecule has 0 spiro atoms. The highest BCUT2D eigenvalue weighted by Gasteiger charge is 2.06. The predicted molar refractivity (Wildman–Crippen MR) is 57.5 cm³/mol. The molecule has 0 aliphatic heterocycles. The molecule has 0 N–H and O–H groups in total. The van der Waals surface area contributed by atoms with E-state index in [-0.39, 0.29) is 5.75 Å². The lowest BCUT2D eigenvalue weighted by Crippen LogP contribution is -2.01. The molecule has 0 saturated carbocycles. The average Bonchev–Trinajstić information content (AvgIpc) is 2.15. The van der Waals surface area contributed by atoms with Gasteiger partial charge in [0.25, 0.3) is 0 Å². The van der Waals surface area contributed by atoms with Gasteiger partial charge in [-0.05, 0) is 24.3 Å². The standard InChI is InChI=1S/C10H9N2O2S/c1-15(13,14)7-9-5-4-8-3-2-6-11-10(8)12-9/h2-6H,1,7H2. The fourth-order valence-corrected chi connectivity index (χ4v) is 1.91. The van der Waals surface area contributed by atoms with Gasteiger partial charge in [0.15, 0.2) is 15.5 Å². The Kier molecular flexibility index (Phi) is 2.40. The summed E-state index contributed by atoms with van der Waals surface area (Å²) in [5, 5.41) is 0.891. The van der Waals surface area contributed by atoms with Crippen LogP contribution in [0.1, 0.15) is 5.69 Å². The van der Waals surface area contributed by atoms with Crippen molar-refractivity contribution in [3.63, 3.8) is 0 Å². The zero-order valence-electron chi connectivity index (χ0n) is 7.92. The van der Waals surface area contributed by atoms with Gasteiger partial charge in [0, 0.05) is 11.6 Å². The normalized spacial score (nSPS) is 11.8. The highest BCUT2D eigenvalue weighted by molar-refractivity contribution is 7.91. The third-order valence-corrected chi connectivity index (χ3v) is 2.63. The lowest BCUT2D eigenvalue weighted by atomic mass is 10.3. The summed E-state index contributed by atoms with van der Waals surface area (Å²) in [7, 11) is -3.29. The quantitative estimate of drug-likeness (QED) is 0.767. The molecule has 0 aliphatic rings. The van der Waals surface area contributed by atoms with Gasteiger partial charge in [0.1, 0.15) is 0 Å². The van der Waals surface area contributed by atoms with Crippen molar-refractivity contribution >= 4 is 20.9 Å². The molecule has 0 aromatic carbocycles. The summed E-state index contributed by atoms with van der Waals surface area (Å²) < 4.78 is 21.9. The fourth-order valence-electron chi connectivity index (χ4n) is 1.30. The van der Waals surface area contributed by atoms with Crippen molar-refractivity contribution in [1.29, 1.82) is 0 Å². The summed E-state index contributed by atoms with van der Waals surface area (Å²) in [4.78, 5) is 8.18. The number of aromatic nitrogens is 2. The van der Waals surface area contributed by atoms with E-state index in [1.807, 2.05) is 12.1 Å². The van der Waals surface area contributed by atoms with E-state index in [9.17, 15) is 8.42 Å². The highest BCUT2D eigenvalue weighted by Crippen LogP contribution is 2.10. The molecule has 15 heavy (non-hydrogen) atoms. The molecule has 0 unspecified atom stereocenters. The average molecular weight is 221 g/mol. The highest BCUT2D eigenvalue weighted by atomic mass is 32.2. The van der Waals surface area contributed by atoms with Crippen molar-refractivity contribution in [2.75, 3.05) is 0 Å². The van der Waals surface area contributed by atoms with Gasteiger partial charge in [0.05, 0.1) is 17.7 Å². The maximum Gasteiger partial charge on any atom is 0.159 e. The van der Waals surface area contributed by atoms with E-state index in [1.165, 1.54) is 0 Å². The Hall–Kier alpha value is -1.49. The van der Waals surface area contributed by atoms with Gasteiger partial charge in [-0.3, -0.25) is 0 Å². The molecule has 1 radical (unpaired) electrons. The fraction of sp³-hybridized carbons (Fsp3) is 0.100. The summed E-state index contributed by atoms with van der Waals surface area (Å²) in [6, 6.07) is 7.15. The molecular formula is C10H9N2O2S. The van der Waals surface area contributed by atoms with E-state index in [0.29, 0.717) is 11.3 Å². The second-order valence-corrected chi connectivity index (χ2v) is 5.02. The van der Waals surface area contributed by atoms with Crippen LogP contribution in [0.25, 0.3) is 11.0 Å². The van der Waals surface area contributed by atoms with Gasteiger partial charge in [0.2, 0.25) is 0 Å². The van der Waals surface area contributed by atoms with Crippen LogP contribution in [0.15, 0.2) is 30.5 Å². The molecule has 0 aliphatic carbocycles. The number of nitrogens with zero attached hydrogens (tertiary/aromatic N) is 2. The van der Waals surface area contributed by atoms with Gasteiger partial charge >= 0.3 is 0 Å². The third-order valence-electron chi connectivity index (χ3n) is 1.89. The number of hydrogen-bond acceptors (Lipinski definition) is 4. The Morgan fingerprint density at radius 2 is 2.07 bits per heavy atom. The van der Waals surface area contributed by atoms with Crippen LogP contribution in [0.5, 0.6) is 0 Å². The molecule has 0 saturated heterocycles. The van der Waals surface area contributed by atoms with Crippen LogP contribution >= 0.6 is 0 Å². The molecule has 77 valence electrons. The van der Waals surface area contributed by atoms with E-state index in [0.717, 1.165) is 5.39 Å². The Morgan fingerprint density at radius 1 is 1.27 bits per heavy atom. The predicted octanol–water partition coefficient (Wildman–Crippen LogP) is 1.34. The van der Waals surface area contributed by atoms with Crippen molar-refractivity contribution < 1.29 is 8.42 Å². The first kappa shape index (κ1) is 10.0. The number of hydrogen-bond donors (Lipinski definition) is 0. The Bertz CT molecular complexity index is 593. The maximum atomic E-state index is 11.0. The summed E-state index contributed by atoms with van der Waals surface area (Å²) in [5.74, 6) is -0.153.